The molecule has 1 saturated heterocycles. The number of methoxy groups -OCH3 is 1. The molecule has 4 nitrogen and oxygen atoms in total. The van der Waals surface area contributed by atoms with Crippen molar-refractivity contribution in [2.75, 3.05) is 31.4 Å². The van der Waals surface area contributed by atoms with E-state index in [0.717, 1.165) is 36.5 Å². The quantitative estimate of drug-likeness (QED) is 0.865. The van der Waals surface area contributed by atoms with Crippen molar-refractivity contribution in [1.29, 1.82) is 0 Å². The van der Waals surface area contributed by atoms with Crippen LogP contribution in [0.15, 0.2) is 23.1 Å². The van der Waals surface area contributed by atoms with Crippen molar-refractivity contribution in [1.82, 2.24) is 0 Å². The van der Waals surface area contributed by atoms with E-state index in [1.165, 1.54) is 11.8 Å². The van der Waals surface area contributed by atoms with Gasteiger partial charge in [0.2, 0.25) is 0 Å². The molecule has 1 aromatic rings. The Balaban J connectivity index is 2.39. The molecular weight excluding hydrogens is 274 g/mol. The average Bonchev–Trinajstić information content (AvgIpc) is 2.46. The van der Waals surface area contributed by atoms with Gasteiger partial charge in [-0.2, -0.15) is 0 Å². The largest absolute Gasteiger partial charge is 0.478 e. The van der Waals surface area contributed by atoms with Crippen molar-refractivity contribution < 1.29 is 14.6 Å². The van der Waals surface area contributed by atoms with E-state index in [1.54, 1.807) is 7.11 Å². The lowest BCUT2D eigenvalue weighted by Crippen LogP contribution is -2.47. The van der Waals surface area contributed by atoms with Crippen LogP contribution in [0.5, 0.6) is 0 Å². The van der Waals surface area contributed by atoms with Gasteiger partial charge in [0.05, 0.1) is 16.9 Å². The lowest BCUT2D eigenvalue weighted by atomic mass is 9.94. The van der Waals surface area contributed by atoms with Gasteiger partial charge in [0.1, 0.15) is 0 Å². The maximum atomic E-state index is 11.6. The van der Waals surface area contributed by atoms with Crippen molar-refractivity contribution in [3.63, 3.8) is 0 Å². The molecule has 1 unspecified atom stereocenters. The van der Waals surface area contributed by atoms with Gasteiger partial charge < -0.3 is 14.7 Å². The number of benzene rings is 1. The Kier molecular flexibility index (Phi) is 4.60. The Morgan fingerprint density at radius 1 is 1.50 bits per heavy atom. The first-order chi connectivity index (χ1) is 9.50. The third-order valence-electron chi connectivity index (χ3n) is 3.93. The minimum atomic E-state index is -0.866. The lowest BCUT2D eigenvalue weighted by Gasteiger charge is -2.41. The van der Waals surface area contributed by atoms with E-state index in [-0.39, 0.29) is 5.60 Å². The zero-order chi connectivity index (χ0) is 14.8. The van der Waals surface area contributed by atoms with Crippen LogP contribution in [0.1, 0.15) is 30.1 Å². The van der Waals surface area contributed by atoms with Gasteiger partial charge in [-0.1, -0.05) is 6.07 Å². The van der Waals surface area contributed by atoms with Crippen LogP contribution >= 0.6 is 11.8 Å². The molecule has 0 spiro atoms. The second-order valence-corrected chi connectivity index (χ2v) is 6.19. The van der Waals surface area contributed by atoms with E-state index in [4.69, 9.17) is 4.74 Å². The van der Waals surface area contributed by atoms with Crippen LogP contribution in [-0.4, -0.2) is 43.1 Å². The van der Waals surface area contributed by atoms with E-state index in [2.05, 4.69) is 11.8 Å². The first kappa shape index (κ1) is 15.2. The molecule has 1 atom stereocenters. The van der Waals surface area contributed by atoms with Crippen molar-refractivity contribution in [2.24, 2.45) is 0 Å². The zero-order valence-electron chi connectivity index (χ0n) is 12.2. The van der Waals surface area contributed by atoms with Crippen LogP contribution in [0.2, 0.25) is 0 Å². The first-order valence-electron chi connectivity index (χ1n) is 6.71. The van der Waals surface area contributed by atoms with Crippen LogP contribution in [-0.2, 0) is 4.74 Å². The number of hydrogen-bond donors (Lipinski definition) is 1. The molecular formula is C15H21NO3S. The lowest BCUT2D eigenvalue weighted by molar-refractivity contribution is -0.00473. The van der Waals surface area contributed by atoms with E-state index >= 15 is 0 Å². The molecule has 0 radical (unpaired) electrons. The van der Waals surface area contributed by atoms with E-state index in [0.29, 0.717) is 5.56 Å². The standard InChI is InChI=1S/C15H21NO3S/c1-15(19-2)8-5-9-16(10-15)11-6-4-7-12(20-3)13(11)14(17)18/h4,6-7H,5,8-10H2,1-3H3,(H,17,18). The third-order valence-corrected chi connectivity index (χ3v) is 4.71. The fourth-order valence-electron chi connectivity index (χ4n) is 2.75. The molecule has 0 aromatic heterocycles. The maximum absolute atomic E-state index is 11.6. The van der Waals surface area contributed by atoms with Gasteiger partial charge in [0, 0.05) is 25.1 Å². The molecule has 2 rings (SSSR count). The van der Waals surface area contributed by atoms with Crippen molar-refractivity contribution in [2.45, 2.75) is 30.3 Å². The predicted molar refractivity (Wildman–Crippen MR) is 82.0 cm³/mol. The Bertz CT molecular complexity index is 506. The van der Waals surface area contributed by atoms with Gasteiger partial charge >= 0.3 is 5.97 Å². The molecule has 110 valence electrons. The molecule has 0 saturated carbocycles. The minimum Gasteiger partial charge on any atom is -0.478 e. The van der Waals surface area contributed by atoms with Gasteiger partial charge in [-0.05, 0) is 38.2 Å². The minimum absolute atomic E-state index is 0.205. The van der Waals surface area contributed by atoms with Crippen LogP contribution < -0.4 is 4.90 Å². The molecule has 5 heteroatoms. The number of carboxylic acid groups (broad SMARTS) is 1. The second kappa shape index (κ2) is 6.06. The summed E-state index contributed by atoms with van der Waals surface area (Å²) in [5, 5.41) is 9.52. The highest BCUT2D eigenvalue weighted by atomic mass is 32.2. The molecule has 1 N–H and O–H groups in total. The van der Waals surface area contributed by atoms with Crippen LogP contribution in [0.25, 0.3) is 0 Å². The number of aromatic carboxylic acids is 1. The number of ether oxygens (including phenoxy) is 1. The molecule has 0 amide bonds. The Morgan fingerprint density at radius 3 is 2.85 bits per heavy atom. The van der Waals surface area contributed by atoms with Gasteiger partial charge in [-0.3, -0.25) is 0 Å². The summed E-state index contributed by atoms with van der Waals surface area (Å²) in [6.07, 6.45) is 3.92. The summed E-state index contributed by atoms with van der Waals surface area (Å²) in [5.74, 6) is -0.866. The molecule has 20 heavy (non-hydrogen) atoms. The summed E-state index contributed by atoms with van der Waals surface area (Å²) in [7, 11) is 1.72. The Hall–Kier alpha value is -1.20. The zero-order valence-corrected chi connectivity index (χ0v) is 13.0. The van der Waals surface area contributed by atoms with Crippen molar-refractivity contribution >= 4 is 23.4 Å². The molecule has 1 aliphatic rings. The van der Waals surface area contributed by atoms with Gasteiger partial charge in [-0.25, -0.2) is 4.79 Å². The number of carbonyl (C=O) groups is 1. The number of hydrogen-bond acceptors (Lipinski definition) is 4. The summed E-state index contributed by atoms with van der Waals surface area (Å²) in [4.78, 5) is 14.5. The molecule has 1 aliphatic heterocycles. The average molecular weight is 295 g/mol. The van der Waals surface area contributed by atoms with Crippen molar-refractivity contribution in [3.05, 3.63) is 23.8 Å². The molecule has 0 bridgehead atoms. The Morgan fingerprint density at radius 2 is 2.25 bits per heavy atom. The smallest absolute Gasteiger partial charge is 0.338 e. The fourth-order valence-corrected chi connectivity index (χ4v) is 3.36. The third kappa shape index (κ3) is 2.94. The Labute approximate surface area is 124 Å². The van der Waals surface area contributed by atoms with Gasteiger partial charge in [-0.15, -0.1) is 11.8 Å². The first-order valence-corrected chi connectivity index (χ1v) is 7.93. The highest BCUT2D eigenvalue weighted by Crippen LogP contribution is 2.34. The number of rotatable bonds is 4. The van der Waals surface area contributed by atoms with E-state index < -0.39 is 5.97 Å². The summed E-state index contributed by atoms with van der Waals surface area (Å²) >= 11 is 1.47. The molecule has 1 fully saturated rings. The molecule has 0 aliphatic carbocycles. The highest BCUT2D eigenvalue weighted by Gasteiger charge is 2.32. The number of thioether (sulfide) groups is 1. The number of carboxylic acids is 1. The number of anilines is 1. The molecule has 1 aromatic carbocycles. The van der Waals surface area contributed by atoms with E-state index in [9.17, 15) is 9.90 Å². The summed E-state index contributed by atoms with van der Waals surface area (Å²) in [6.45, 7) is 3.68. The van der Waals surface area contributed by atoms with Gasteiger partial charge in [0.25, 0.3) is 0 Å². The highest BCUT2D eigenvalue weighted by molar-refractivity contribution is 7.98. The van der Waals surface area contributed by atoms with Crippen LogP contribution in [0, 0.1) is 0 Å². The SMILES string of the molecule is COC1(C)CCCN(c2cccc(SC)c2C(=O)O)C1. The molecule has 1 heterocycles. The monoisotopic (exact) mass is 295 g/mol. The van der Waals surface area contributed by atoms with Crippen molar-refractivity contribution in [3.8, 4) is 0 Å². The maximum Gasteiger partial charge on any atom is 0.338 e. The number of nitrogens with zero attached hydrogens (tertiary/aromatic N) is 1. The summed E-state index contributed by atoms with van der Waals surface area (Å²) < 4.78 is 5.59. The van der Waals surface area contributed by atoms with Crippen LogP contribution in [0.4, 0.5) is 5.69 Å². The number of piperidine rings is 1. The summed E-state index contributed by atoms with van der Waals surface area (Å²) in [5.41, 5.74) is 0.997. The second-order valence-electron chi connectivity index (χ2n) is 5.34. The fraction of sp³-hybridized carbons (Fsp3) is 0.533. The predicted octanol–water partition coefficient (Wildman–Crippen LogP) is 3.11. The van der Waals surface area contributed by atoms with E-state index in [1.807, 2.05) is 24.5 Å². The van der Waals surface area contributed by atoms with Crippen LogP contribution in [0.3, 0.4) is 0 Å². The normalized spacial score (nSPS) is 22.9. The topological polar surface area (TPSA) is 49.8 Å². The van der Waals surface area contributed by atoms with Gasteiger partial charge in [0.15, 0.2) is 0 Å². The summed E-state index contributed by atoms with van der Waals surface area (Å²) in [6, 6.07) is 5.67.